The quantitative estimate of drug-likeness (QED) is 0.0849. The molecular weight excluding hydrogens is 628 g/mol. The zero-order chi connectivity index (χ0) is 34.5. The van der Waals surface area contributed by atoms with E-state index in [1.165, 1.54) is 7.11 Å². The summed E-state index contributed by atoms with van der Waals surface area (Å²) in [5, 5.41) is -0.750. The van der Waals surface area contributed by atoms with Gasteiger partial charge in [0, 0.05) is 32.4 Å². The third-order valence-electron chi connectivity index (χ3n) is 8.13. The first-order chi connectivity index (χ1) is 23.2. The molecule has 0 fully saturated rings. The van der Waals surface area contributed by atoms with E-state index in [-0.39, 0.29) is 18.1 Å². The van der Waals surface area contributed by atoms with Crippen LogP contribution in [-0.4, -0.2) is 60.7 Å². The maximum Gasteiger partial charge on any atom is 0.259 e. The van der Waals surface area contributed by atoms with E-state index in [4.69, 9.17) is 14.2 Å². The van der Waals surface area contributed by atoms with Crippen molar-refractivity contribution in [2.24, 2.45) is 5.92 Å². The topological polar surface area (TPSA) is 68.3 Å². The van der Waals surface area contributed by atoms with Gasteiger partial charge in [0.15, 0.2) is 0 Å². The van der Waals surface area contributed by atoms with E-state index < -0.39 is 29.6 Å². The van der Waals surface area contributed by atoms with Crippen molar-refractivity contribution in [2.45, 2.75) is 50.9 Å². The van der Waals surface area contributed by atoms with E-state index in [9.17, 15) is 9.59 Å². The van der Waals surface area contributed by atoms with Crippen LogP contribution < -0.4 is 9.47 Å². The molecule has 0 aromatic heterocycles. The van der Waals surface area contributed by atoms with Crippen LogP contribution in [0.15, 0.2) is 109 Å². The molecule has 4 aromatic rings. The Balaban J connectivity index is 1.74. The van der Waals surface area contributed by atoms with E-state index in [1.54, 1.807) is 38.5 Å². The van der Waals surface area contributed by atoms with Gasteiger partial charge < -0.3 is 14.2 Å². The first-order valence-corrected chi connectivity index (χ1v) is 16.9. The Kier molecular flexibility index (Phi) is 13.6. The molecule has 0 N–H and O–H groups in total. The standard InChI is InChI=1S/C39H45FN2O5S/c1-29(2)36(41(25-31-16-20-34(46-4)21-17-31)26-32-18-22-35(47-5)23-19-32)37(43)42(28-45-3)39(40,24-30-12-8-6-9-13-30)38(44)48-27-33-14-10-7-11-15-33/h6-23,29,36H,24-28H2,1-5H3/t36-,39-/m0/s1. The molecule has 2 atom stereocenters. The first-order valence-electron chi connectivity index (χ1n) is 15.9. The van der Waals surface area contributed by atoms with Crippen LogP contribution in [0.1, 0.15) is 36.1 Å². The number of carbonyl (C=O) groups excluding carboxylic acids is 2. The number of alkyl halides is 1. The molecule has 0 aliphatic heterocycles. The van der Waals surface area contributed by atoms with Crippen molar-refractivity contribution in [3.8, 4) is 11.5 Å². The summed E-state index contributed by atoms with van der Waals surface area (Å²) in [6.45, 7) is 4.25. The van der Waals surface area contributed by atoms with Crippen LogP contribution >= 0.6 is 11.8 Å². The Morgan fingerprint density at radius 2 is 1.19 bits per heavy atom. The molecule has 0 spiro atoms. The number of amides is 1. The Hall–Kier alpha value is -4.18. The van der Waals surface area contributed by atoms with Crippen LogP contribution in [0.2, 0.25) is 0 Å². The van der Waals surface area contributed by atoms with Crippen molar-refractivity contribution >= 4 is 22.8 Å². The molecule has 0 radical (unpaired) electrons. The summed E-state index contributed by atoms with van der Waals surface area (Å²) < 4.78 is 34.0. The van der Waals surface area contributed by atoms with Gasteiger partial charge in [-0.2, -0.15) is 0 Å². The molecule has 0 unspecified atom stereocenters. The number of nitrogens with zero attached hydrogens (tertiary/aromatic N) is 2. The third-order valence-corrected chi connectivity index (χ3v) is 9.18. The molecule has 0 saturated carbocycles. The monoisotopic (exact) mass is 672 g/mol. The van der Waals surface area contributed by atoms with Crippen molar-refractivity contribution in [2.75, 3.05) is 28.1 Å². The largest absolute Gasteiger partial charge is 0.497 e. The highest BCUT2D eigenvalue weighted by Gasteiger charge is 2.50. The molecule has 0 bridgehead atoms. The maximum absolute atomic E-state index is 17.8. The molecular formula is C39H45FN2O5S. The number of carbonyl (C=O) groups is 2. The molecule has 0 saturated heterocycles. The van der Waals surface area contributed by atoms with Gasteiger partial charge in [0.25, 0.3) is 5.79 Å². The minimum absolute atomic E-state index is 0.249. The van der Waals surface area contributed by atoms with Crippen molar-refractivity contribution < 1.29 is 28.2 Å². The summed E-state index contributed by atoms with van der Waals surface area (Å²) in [6.07, 6.45) is -0.314. The fourth-order valence-electron chi connectivity index (χ4n) is 5.65. The second kappa shape index (κ2) is 17.8. The highest BCUT2D eigenvalue weighted by molar-refractivity contribution is 8.13. The van der Waals surface area contributed by atoms with Gasteiger partial charge in [-0.3, -0.25) is 19.4 Å². The maximum atomic E-state index is 17.8. The lowest BCUT2D eigenvalue weighted by molar-refractivity contribution is -0.170. The predicted molar refractivity (Wildman–Crippen MR) is 189 cm³/mol. The molecule has 7 nitrogen and oxygen atoms in total. The number of hydrogen-bond acceptors (Lipinski definition) is 7. The zero-order valence-electron chi connectivity index (χ0n) is 28.3. The Bertz CT molecular complexity index is 1520. The van der Waals surface area contributed by atoms with E-state index >= 15 is 4.39 Å². The van der Waals surface area contributed by atoms with Crippen LogP contribution in [0.5, 0.6) is 11.5 Å². The number of hydrogen-bond donors (Lipinski definition) is 0. The number of benzene rings is 4. The summed E-state index contributed by atoms with van der Waals surface area (Å²) >= 11 is 0.867. The van der Waals surface area contributed by atoms with Crippen molar-refractivity contribution in [1.29, 1.82) is 0 Å². The predicted octanol–water partition coefficient (Wildman–Crippen LogP) is 7.53. The number of halogens is 1. The minimum atomic E-state index is -2.69. The summed E-state index contributed by atoms with van der Waals surface area (Å²) in [5.74, 6) is -1.76. The highest BCUT2D eigenvalue weighted by atomic mass is 32.2. The SMILES string of the molecule is COCN(C(=O)[C@H](C(C)C)N(Cc1ccc(OC)cc1)Cc1ccc(OC)cc1)[C@@](F)(Cc1ccccc1)C(=O)SCc1ccccc1. The average molecular weight is 673 g/mol. The number of thioether (sulfide) groups is 1. The van der Waals surface area contributed by atoms with E-state index in [2.05, 4.69) is 0 Å². The molecule has 0 aliphatic rings. The van der Waals surface area contributed by atoms with Gasteiger partial charge in [-0.25, -0.2) is 4.39 Å². The molecule has 48 heavy (non-hydrogen) atoms. The minimum Gasteiger partial charge on any atom is -0.497 e. The van der Waals surface area contributed by atoms with E-state index in [0.29, 0.717) is 18.7 Å². The molecule has 254 valence electrons. The molecule has 4 rings (SSSR count). The second-order valence-corrected chi connectivity index (χ2v) is 12.9. The lowest BCUT2D eigenvalue weighted by atomic mass is 9.96. The number of ether oxygens (including phenoxy) is 3. The van der Waals surface area contributed by atoms with Gasteiger partial charge in [-0.15, -0.1) is 0 Å². The van der Waals surface area contributed by atoms with Gasteiger partial charge in [-0.05, 0) is 52.4 Å². The van der Waals surface area contributed by atoms with E-state index in [0.717, 1.165) is 44.9 Å². The normalized spacial score (nSPS) is 13.2. The zero-order valence-corrected chi connectivity index (χ0v) is 29.1. The molecule has 1 amide bonds. The van der Waals surface area contributed by atoms with Crippen LogP contribution in [-0.2, 0) is 39.6 Å². The highest BCUT2D eigenvalue weighted by Crippen LogP contribution is 2.34. The fraction of sp³-hybridized carbons (Fsp3) is 0.333. The molecule has 0 heterocycles. The van der Waals surface area contributed by atoms with Crippen LogP contribution in [0.25, 0.3) is 0 Å². The van der Waals surface area contributed by atoms with Crippen LogP contribution in [0, 0.1) is 5.92 Å². The van der Waals surface area contributed by atoms with Crippen molar-refractivity contribution in [3.05, 3.63) is 131 Å². The van der Waals surface area contributed by atoms with Gasteiger partial charge in [0.2, 0.25) is 11.0 Å². The van der Waals surface area contributed by atoms with Gasteiger partial charge in [-0.1, -0.05) is 111 Å². The van der Waals surface area contributed by atoms with Crippen LogP contribution in [0.3, 0.4) is 0 Å². The van der Waals surface area contributed by atoms with Crippen LogP contribution in [0.4, 0.5) is 4.39 Å². The Labute approximate surface area is 288 Å². The lowest BCUT2D eigenvalue weighted by Crippen LogP contribution is -2.61. The molecule has 4 aromatic carbocycles. The summed E-state index contributed by atoms with van der Waals surface area (Å²) in [5.41, 5.74) is 3.38. The van der Waals surface area contributed by atoms with Gasteiger partial charge in [0.05, 0.1) is 20.3 Å². The van der Waals surface area contributed by atoms with Gasteiger partial charge >= 0.3 is 0 Å². The van der Waals surface area contributed by atoms with Gasteiger partial charge in [0.1, 0.15) is 18.2 Å². The number of methoxy groups -OCH3 is 3. The summed E-state index contributed by atoms with van der Waals surface area (Å²) in [7, 11) is 4.63. The molecule has 9 heteroatoms. The average Bonchev–Trinajstić information content (AvgIpc) is 3.10. The van der Waals surface area contributed by atoms with Crippen molar-refractivity contribution in [1.82, 2.24) is 9.80 Å². The van der Waals surface area contributed by atoms with E-state index in [1.807, 2.05) is 104 Å². The van der Waals surface area contributed by atoms with Crippen molar-refractivity contribution in [3.63, 3.8) is 0 Å². The Morgan fingerprint density at radius 3 is 1.62 bits per heavy atom. The Morgan fingerprint density at radius 1 is 0.708 bits per heavy atom. The second-order valence-electron chi connectivity index (χ2n) is 12.0. The summed E-state index contributed by atoms with van der Waals surface area (Å²) in [4.78, 5) is 31.9. The molecule has 0 aliphatic carbocycles. The first kappa shape index (κ1) is 36.7. The number of rotatable bonds is 17. The summed E-state index contributed by atoms with van der Waals surface area (Å²) in [6, 6.07) is 32.9. The lowest BCUT2D eigenvalue weighted by Gasteiger charge is -2.41. The smallest absolute Gasteiger partial charge is 0.259 e. The third kappa shape index (κ3) is 9.69. The fourth-order valence-corrected chi connectivity index (χ4v) is 6.55.